The summed E-state index contributed by atoms with van der Waals surface area (Å²) in [6, 6.07) is 154. The van der Waals surface area contributed by atoms with Crippen molar-refractivity contribution in [2.45, 2.75) is 0 Å². The van der Waals surface area contributed by atoms with E-state index in [2.05, 4.69) is 541 Å². The molecule has 0 unspecified atom stereocenters. The van der Waals surface area contributed by atoms with Crippen molar-refractivity contribution in [1.29, 1.82) is 0 Å². The zero-order valence-electron chi connectivity index (χ0n) is 79.9. The Kier molecular flexibility index (Phi) is 19.3. The molecule has 0 bridgehead atoms. The number of para-hydroxylation sites is 10. The molecule has 10 heteroatoms. The smallest absolute Gasteiger partial charge is 0.0495 e. The highest BCUT2D eigenvalue weighted by atomic mass is 15.0. The molecule has 0 aliphatic heterocycles. The number of benzene rings is 20. The summed E-state index contributed by atoms with van der Waals surface area (Å²) in [6.07, 6.45) is 0. The molecule has 670 valence electrons. The van der Waals surface area contributed by atoms with Gasteiger partial charge in [-0.3, -0.25) is 0 Å². The molecule has 20 aromatic carbocycles. The molecule has 0 aliphatic carbocycles. The summed E-state index contributed by atoms with van der Waals surface area (Å²) in [7, 11) is 21.5. The van der Waals surface area contributed by atoms with E-state index in [1.807, 2.05) is 0 Å². The molecule has 0 radical (unpaired) electrons. The summed E-state index contributed by atoms with van der Waals surface area (Å²) < 4.78 is 22.9. The van der Waals surface area contributed by atoms with E-state index in [-0.39, 0.29) is 0 Å². The highest BCUT2D eigenvalue weighted by Crippen LogP contribution is 2.47. The summed E-state index contributed by atoms with van der Waals surface area (Å²) in [5, 5.41) is 26.3. The highest BCUT2D eigenvalue weighted by Gasteiger charge is 2.23. The Hall–Kier alpha value is -17.6. The highest BCUT2D eigenvalue weighted by molar-refractivity contribution is 6.24. The summed E-state index contributed by atoms with van der Waals surface area (Å²) in [5.41, 5.74) is 38.3. The van der Waals surface area contributed by atoms with Crippen molar-refractivity contribution in [2.75, 3.05) is 0 Å². The van der Waals surface area contributed by atoms with E-state index < -0.39 is 0 Å². The predicted octanol–water partition coefficient (Wildman–Crippen LogP) is 33.2. The molecule has 0 N–H and O–H groups in total. The maximum absolute atomic E-state index is 2.36. The van der Waals surface area contributed by atoms with Crippen molar-refractivity contribution >= 4 is 218 Å². The van der Waals surface area contributed by atoms with Crippen LogP contribution in [0.1, 0.15) is 0 Å². The molecule has 10 heterocycles. The van der Waals surface area contributed by atoms with Crippen LogP contribution >= 0.6 is 0 Å². The van der Waals surface area contributed by atoms with Gasteiger partial charge in [-0.2, -0.15) is 0 Å². The van der Waals surface area contributed by atoms with Crippen molar-refractivity contribution in [3.8, 4) is 55.6 Å². The van der Waals surface area contributed by atoms with Crippen LogP contribution in [0.3, 0.4) is 0 Å². The van der Waals surface area contributed by atoms with Gasteiger partial charge in [0.15, 0.2) is 0 Å². The third kappa shape index (κ3) is 12.8. The molecule has 10 nitrogen and oxygen atoms in total. The normalized spacial score (nSPS) is 11.9. The van der Waals surface area contributed by atoms with Gasteiger partial charge in [-0.05, 0) is 201 Å². The first-order valence-corrected chi connectivity index (χ1v) is 48.4. The fraction of sp³-hybridized carbons (Fsp3) is 0.0769. The Labute approximate surface area is 808 Å². The van der Waals surface area contributed by atoms with Gasteiger partial charge in [0.25, 0.3) is 0 Å². The van der Waals surface area contributed by atoms with E-state index in [1.54, 1.807) is 0 Å². The van der Waals surface area contributed by atoms with Crippen molar-refractivity contribution in [3.05, 3.63) is 425 Å². The second-order valence-electron chi connectivity index (χ2n) is 38.0. The van der Waals surface area contributed by atoms with Crippen molar-refractivity contribution in [2.24, 2.45) is 70.5 Å². The number of hydrogen-bond donors (Lipinski definition) is 0. The minimum Gasteiger partial charge on any atom is -0.344 e. The lowest BCUT2D eigenvalue weighted by molar-refractivity contribution is 1.01. The fourth-order valence-corrected chi connectivity index (χ4v) is 23.8. The Morgan fingerprint density at radius 1 is 0.100 bits per heavy atom. The van der Waals surface area contributed by atoms with E-state index in [9.17, 15) is 0 Å². The van der Waals surface area contributed by atoms with Crippen LogP contribution in [0.25, 0.3) is 274 Å². The molecular formula is C130H100N10. The molecule has 10 aromatic heterocycles. The third-order valence-electron chi connectivity index (χ3n) is 30.8. The van der Waals surface area contributed by atoms with Crippen LogP contribution in [0.2, 0.25) is 0 Å². The molecule has 0 saturated heterocycles. The number of aromatic nitrogens is 10. The van der Waals surface area contributed by atoms with Crippen LogP contribution in [-0.4, -0.2) is 45.7 Å². The van der Waals surface area contributed by atoms with Gasteiger partial charge < -0.3 is 45.7 Å². The molecule has 30 rings (SSSR count). The van der Waals surface area contributed by atoms with Gasteiger partial charge >= 0.3 is 0 Å². The van der Waals surface area contributed by atoms with Gasteiger partial charge in [0, 0.05) is 289 Å². The van der Waals surface area contributed by atoms with Gasteiger partial charge in [-0.15, -0.1) is 0 Å². The second-order valence-corrected chi connectivity index (χ2v) is 38.0. The molecule has 0 amide bonds. The van der Waals surface area contributed by atoms with Crippen molar-refractivity contribution < 1.29 is 0 Å². The third-order valence-corrected chi connectivity index (χ3v) is 30.8. The molecule has 30 aromatic rings. The standard InChI is InChI=1S/5C26H20N2/c1-27-21-13-5-3-9-19(21)25-17(11-7-15-23(25)27)18-12-8-16-24-26(18)20-10-4-6-14-22(20)28(24)2;1-27-23-12-6-4-9-21(23)26-18(10-7-13-24(26)27)17-14-15-20-19-8-3-5-11-22(19)28(2)25(20)16-17;1-27-22-11-5-3-8-19(22)21-16-17(14-15-24(21)27)18-10-7-13-25-26(18)20-9-4-6-12-23(20)28(25)2;1-27-24-10-6-4-8-20(24)22-15-17(12-14-25(22)27)18-11-13-21-19-7-3-5-9-23(19)28(2)26(21)16-18;1-27-23-9-5-3-7-19(23)21-15-17(11-13-25(21)27)18-12-14-26-22(16-18)20-8-4-6-10-24(20)28(26)2/h5*3-16H,1-2H3. The molecule has 140 heavy (non-hydrogen) atoms. The van der Waals surface area contributed by atoms with E-state index >= 15 is 0 Å². The zero-order valence-corrected chi connectivity index (χ0v) is 79.9. The van der Waals surface area contributed by atoms with Crippen LogP contribution in [0.15, 0.2) is 425 Å². The maximum atomic E-state index is 2.36. The monoisotopic (exact) mass is 1800 g/mol. The minimum atomic E-state index is 1.26. The molecular weight excluding hydrogens is 1700 g/mol. The summed E-state index contributed by atoms with van der Waals surface area (Å²) >= 11 is 0. The molecule has 0 atom stereocenters. The van der Waals surface area contributed by atoms with E-state index in [0.29, 0.717) is 0 Å². The molecule has 0 aliphatic rings. The zero-order chi connectivity index (χ0) is 94.1. The van der Waals surface area contributed by atoms with Crippen LogP contribution in [0.4, 0.5) is 0 Å². The Morgan fingerprint density at radius 2 is 0.257 bits per heavy atom. The fourth-order valence-electron chi connectivity index (χ4n) is 23.8. The quantitative estimate of drug-likeness (QED) is 0.165. The van der Waals surface area contributed by atoms with Crippen LogP contribution in [0, 0.1) is 0 Å². The number of fused-ring (bicyclic) bond motifs is 30. The SMILES string of the molecule is Cn1c2ccccc2c2c(-c3cccc4c3c3ccccc3n4C)cccc21.Cn1c2ccccc2c2cc(-c3ccc4c(c3)c3ccccc3n4C)ccc21.Cn1c2ccccc2c2cc(-c3ccc4c5ccccc5n(C)c4c3)ccc21.Cn1c2ccccc2c2cc(-c3cccc4c3c3ccccc3n4C)ccc21.Cn1c2ccccc2c2ccc(-c3cccc4c3c3ccccc3n4C)cc21. The van der Waals surface area contributed by atoms with Gasteiger partial charge in [0.05, 0.1) is 0 Å². The maximum Gasteiger partial charge on any atom is 0.0495 e. The van der Waals surface area contributed by atoms with Crippen LogP contribution in [0.5, 0.6) is 0 Å². The number of aryl methyl sites for hydroxylation is 10. The van der Waals surface area contributed by atoms with E-state index in [4.69, 9.17) is 0 Å². The lowest BCUT2D eigenvalue weighted by Crippen LogP contribution is -1.88. The average molecular weight is 1800 g/mol. The first-order chi connectivity index (χ1) is 68.7. The number of nitrogens with zero attached hydrogens (tertiary/aromatic N) is 10. The number of hydrogen-bond acceptors (Lipinski definition) is 0. The molecule has 0 spiro atoms. The Bertz CT molecular complexity index is 10100. The van der Waals surface area contributed by atoms with Crippen molar-refractivity contribution in [1.82, 2.24) is 45.7 Å². The second kappa shape index (κ2) is 32.6. The lowest BCUT2D eigenvalue weighted by atomic mass is 9.95. The van der Waals surface area contributed by atoms with Crippen LogP contribution < -0.4 is 0 Å². The summed E-state index contributed by atoms with van der Waals surface area (Å²) in [4.78, 5) is 0. The summed E-state index contributed by atoms with van der Waals surface area (Å²) in [6.45, 7) is 0. The molecule has 0 saturated carbocycles. The Morgan fingerprint density at radius 3 is 0.543 bits per heavy atom. The predicted molar refractivity (Wildman–Crippen MR) is 599 cm³/mol. The van der Waals surface area contributed by atoms with Gasteiger partial charge in [0.2, 0.25) is 0 Å². The molecule has 0 fully saturated rings. The minimum absolute atomic E-state index is 1.26. The van der Waals surface area contributed by atoms with E-state index in [1.165, 1.54) is 274 Å². The summed E-state index contributed by atoms with van der Waals surface area (Å²) in [5.74, 6) is 0. The first-order valence-electron chi connectivity index (χ1n) is 48.4. The van der Waals surface area contributed by atoms with E-state index in [0.717, 1.165) is 0 Å². The Balaban J connectivity index is 0.0000000900. The van der Waals surface area contributed by atoms with Gasteiger partial charge in [-0.1, -0.05) is 279 Å². The topological polar surface area (TPSA) is 49.3 Å². The lowest BCUT2D eigenvalue weighted by Gasteiger charge is -2.08. The number of rotatable bonds is 5. The largest absolute Gasteiger partial charge is 0.344 e. The van der Waals surface area contributed by atoms with Crippen molar-refractivity contribution in [3.63, 3.8) is 0 Å². The average Bonchev–Trinajstić information content (AvgIpc) is 1.57. The first kappa shape index (κ1) is 83.0. The van der Waals surface area contributed by atoms with Gasteiger partial charge in [-0.25, -0.2) is 0 Å². The van der Waals surface area contributed by atoms with Gasteiger partial charge in [0.1, 0.15) is 0 Å². The van der Waals surface area contributed by atoms with Crippen LogP contribution in [-0.2, 0) is 70.5 Å².